The topological polar surface area (TPSA) is 68.3 Å². The van der Waals surface area contributed by atoms with Crippen molar-refractivity contribution in [2.24, 2.45) is 0 Å². The fourth-order valence-electron chi connectivity index (χ4n) is 3.67. The van der Waals surface area contributed by atoms with Crippen molar-refractivity contribution in [1.82, 2.24) is 4.98 Å². The van der Waals surface area contributed by atoms with Gasteiger partial charge in [-0.15, -0.1) is 0 Å². The first-order valence-electron chi connectivity index (χ1n) is 10.8. The maximum Gasteiger partial charge on any atom is 0.248 e. The van der Waals surface area contributed by atoms with Crippen molar-refractivity contribution in [1.29, 1.82) is 0 Å². The Hall–Kier alpha value is -4.09. The summed E-state index contributed by atoms with van der Waals surface area (Å²) in [5.74, 6) is 1.50. The van der Waals surface area contributed by atoms with Gasteiger partial charge in [-0.25, -0.2) is 4.98 Å². The number of nitrogens with one attached hydrogen (secondary N) is 1. The molecule has 0 saturated heterocycles. The van der Waals surface area contributed by atoms with Gasteiger partial charge < -0.3 is 14.2 Å². The highest BCUT2D eigenvalue weighted by Gasteiger charge is 2.13. The molecule has 0 aliphatic carbocycles. The van der Waals surface area contributed by atoms with E-state index in [-0.39, 0.29) is 5.91 Å². The molecular weight excluding hydrogens is 448 g/mol. The third-order valence-electron chi connectivity index (χ3n) is 5.60. The van der Waals surface area contributed by atoms with Gasteiger partial charge >= 0.3 is 0 Å². The molecule has 0 saturated carbocycles. The van der Waals surface area contributed by atoms with Crippen LogP contribution in [0.4, 0.5) is 5.69 Å². The van der Waals surface area contributed by atoms with Crippen LogP contribution >= 0.6 is 11.6 Å². The summed E-state index contributed by atoms with van der Waals surface area (Å²) in [4.78, 5) is 17.2. The minimum Gasteiger partial charge on any atom is -0.457 e. The van der Waals surface area contributed by atoms with E-state index in [1.54, 1.807) is 6.08 Å². The second-order valence-electron chi connectivity index (χ2n) is 7.95. The number of hydrogen-bond donors (Lipinski definition) is 1. The fourth-order valence-corrected chi connectivity index (χ4v) is 3.85. The van der Waals surface area contributed by atoms with E-state index in [1.807, 2.05) is 86.6 Å². The molecule has 2 aromatic heterocycles. The fraction of sp³-hybridized carbons (Fsp3) is 0.0714. The standard InChI is InChI=1S/C28H21ClN2O3/c1-17-10-11-19(16-22(17)29)25-14-12-20(33-25)13-15-27(32)30-23-8-5-6-21(18(23)2)28-31-24-7-3-4-9-26(24)34-28/h3-16H,1-2H3,(H,30,32). The molecular formula is C28H21ClN2O3. The molecule has 1 amide bonds. The maximum atomic E-state index is 12.6. The Morgan fingerprint density at radius 2 is 1.82 bits per heavy atom. The van der Waals surface area contributed by atoms with Crippen LogP contribution in [0.2, 0.25) is 5.02 Å². The van der Waals surface area contributed by atoms with Crippen molar-refractivity contribution < 1.29 is 13.6 Å². The molecule has 1 N–H and O–H groups in total. The Balaban J connectivity index is 1.32. The Bertz CT molecular complexity index is 1510. The Morgan fingerprint density at radius 1 is 0.971 bits per heavy atom. The largest absolute Gasteiger partial charge is 0.457 e. The molecule has 0 spiro atoms. The minimum absolute atomic E-state index is 0.269. The van der Waals surface area contributed by atoms with Gasteiger partial charge in [0.15, 0.2) is 5.58 Å². The van der Waals surface area contributed by atoms with Gasteiger partial charge in [0.05, 0.1) is 0 Å². The number of carbonyl (C=O) groups is 1. The number of nitrogens with zero attached hydrogens (tertiary/aromatic N) is 1. The van der Waals surface area contributed by atoms with E-state index in [2.05, 4.69) is 10.3 Å². The number of rotatable bonds is 5. The first-order valence-corrected chi connectivity index (χ1v) is 11.2. The van der Waals surface area contributed by atoms with E-state index >= 15 is 0 Å². The molecule has 2 heterocycles. The first-order chi connectivity index (χ1) is 16.5. The van der Waals surface area contributed by atoms with Gasteiger partial charge in [0.2, 0.25) is 11.8 Å². The van der Waals surface area contributed by atoms with Crippen molar-refractivity contribution in [2.45, 2.75) is 13.8 Å². The smallest absolute Gasteiger partial charge is 0.248 e. The minimum atomic E-state index is -0.269. The number of amides is 1. The van der Waals surface area contributed by atoms with Crippen LogP contribution in [0.15, 0.2) is 87.7 Å². The van der Waals surface area contributed by atoms with Crippen LogP contribution in [-0.2, 0) is 4.79 Å². The number of benzene rings is 3. The second-order valence-corrected chi connectivity index (χ2v) is 8.36. The van der Waals surface area contributed by atoms with Crippen LogP contribution in [0, 0.1) is 13.8 Å². The Labute approximate surface area is 201 Å². The monoisotopic (exact) mass is 468 g/mol. The van der Waals surface area contributed by atoms with E-state index in [0.717, 1.165) is 33.4 Å². The first kappa shape index (κ1) is 21.7. The van der Waals surface area contributed by atoms with E-state index in [4.69, 9.17) is 20.4 Å². The van der Waals surface area contributed by atoms with Gasteiger partial charge in [-0.2, -0.15) is 0 Å². The number of anilines is 1. The molecule has 5 aromatic rings. The lowest BCUT2D eigenvalue weighted by atomic mass is 10.1. The lowest BCUT2D eigenvalue weighted by Crippen LogP contribution is -2.09. The third-order valence-corrected chi connectivity index (χ3v) is 6.01. The van der Waals surface area contributed by atoms with Crippen molar-refractivity contribution >= 4 is 40.4 Å². The van der Waals surface area contributed by atoms with Gasteiger partial charge in [-0.1, -0.05) is 41.9 Å². The van der Waals surface area contributed by atoms with Gasteiger partial charge in [-0.05, 0) is 73.5 Å². The summed E-state index contributed by atoms with van der Waals surface area (Å²) < 4.78 is 11.7. The number of hydrogen-bond acceptors (Lipinski definition) is 4. The van der Waals surface area contributed by atoms with Gasteiger partial charge in [0, 0.05) is 27.9 Å². The molecule has 0 aliphatic rings. The van der Waals surface area contributed by atoms with Crippen molar-refractivity contribution in [2.75, 3.05) is 5.32 Å². The zero-order chi connectivity index (χ0) is 23.7. The number of fused-ring (bicyclic) bond motifs is 1. The average Bonchev–Trinajstić information content (AvgIpc) is 3.48. The number of para-hydroxylation sites is 2. The molecule has 34 heavy (non-hydrogen) atoms. The molecule has 0 unspecified atom stereocenters. The van der Waals surface area contributed by atoms with Crippen LogP contribution in [0.3, 0.4) is 0 Å². The third kappa shape index (κ3) is 4.38. The number of oxazole rings is 1. The van der Waals surface area contributed by atoms with E-state index < -0.39 is 0 Å². The van der Waals surface area contributed by atoms with Crippen molar-refractivity contribution in [3.8, 4) is 22.8 Å². The number of furan rings is 1. The molecule has 3 aromatic carbocycles. The summed E-state index contributed by atoms with van der Waals surface area (Å²) in [6.07, 6.45) is 3.07. The zero-order valence-corrected chi connectivity index (χ0v) is 19.4. The Kier molecular flexibility index (Phi) is 5.78. The molecule has 0 fully saturated rings. The average molecular weight is 469 g/mol. The van der Waals surface area contributed by atoms with Crippen molar-refractivity contribution in [3.05, 3.63) is 101 Å². The highest BCUT2D eigenvalue weighted by Crippen LogP contribution is 2.31. The second kappa shape index (κ2) is 9.04. The van der Waals surface area contributed by atoms with Crippen LogP contribution in [0.1, 0.15) is 16.9 Å². The van der Waals surface area contributed by atoms with E-state index in [9.17, 15) is 4.79 Å². The Morgan fingerprint density at radius 3 is 2.65 bits per heavy atom. The maximum absolute atomic E-state index is 12.6. The highest BCUT2D eigenvalue weighted by molar-refractivity contribution is 6.31. The molecule has 0 bridgehead atoms. The summed E-state index contributed by atoms with van der Waals surface area (Å²) in [6.45, 7) is 3.88. The van der Waals surface area contributed by atoms with Crippen LogP contribution in [-0.4, -0.2) is 10.9 Å². The molecule has 0 radical (unpaired) electrons. The summed E-state index contributed by atoms with van der Waals surface area (Å²) >= 11 is 6.22. The van der Waals surface area contributed by atoms with E-state index in [0.29, 0.717) is 28.1 Å². The summed E-state index contributed by atoms with van der Waals surface area (Å²) in [6, 6.07) is 22.7. The predicted octanol–water partition coefficient (Wildman–Crippen LogP) is 7.68. The predicted molar refractivity (Wildman–Crippen MR) is 136 cm³/mol. The van der Waals surface area contributed by atoms with Gasteiger partial charge in [0.1, 0.15) is 17.0 Å². The van der Waals surface area contributed by atoms with Crippen molar-refractivity contribution in [3.63, 3.8) is 0 Å². The number of carbonyl (C=O) groups excluding carboxylic acids is 1. The lowest BCUT2D eigenvalue weighted by Gasteiger charge is -2.09. The quantitative estimate of drug-likeness (QED) is 0.268. The highest BCUT2D eigenvalue weighted by atomic mass is 35.5. The normalized spacial score (nSPS) is 11.4. The van der Waals surface area contributed by atoms with E-state index in [1.165, 1.54) is 6.08 Å². The van der Waals surface area contributed by atoms with Gasteiger partial charge in [-0.3, -0.25) is 4.79 Å². The molecule has 5 nitrogen and oxygen atoms in total. The molecule has 0 aliphatic heterocycles. The number of aryl methyl sites for hydroxylation is 1. The molecule has 0 atom stereocenters. The number of halogens is 1. The SMILES string of the molecule is Cc1ccc(-c2ccc(C=CC(=O)Nc3cccc(-c4nc5ccccc5o4)c3C)o2)cc1Cl. The molecule has 168 valence electrons. The zero-order valence-electron chi connectivity index (χ0n) is 18.6. The van der Waals surface area contributed by atoms with Crippen LogP contribution in [0.5, 0.6) is 0 Å². The van der Waals surface area contributed by atoms with Gasteiger partial charge in [0.25, 0.3) is 0 Å². The lowest BCUT2D eigenvalue weighted by molar-refractivity contribution is -0.111. The van der Waals surface area contributed by atoms with Crippen LogP contribution in [0.25, 0.3) is 40.0 Å². The summed E-state index contributed by atoms with van der Waals surface area (Å²) in [5.41, 5.74) is 5.78. The summed E-state index contributed by atoms with van der Waals surface area (Å²) in [5, 5.41) is 3.60. The molecule has 6 heteroatoms. The summed E-state index contributed by atoms with van der Waals surface area (Å²) in [7, 11) is 0. The number of aromatic nitrogens is 1. The van der Waals surface area contributed by atoms with Crippen LogP contribution < -0.4 is 5.32 Å². The molecule has 5 rings (SSSR count).